The molecule has 0 spiro atoms. The highest BCUT2D eigenvalue weighted by Gasteiger charge is 2.12. The Labute approximate surface area is 201 Å². The highest BCUT2D eigenvalue weighted by atomic mass is 15.1. The zero-order valence-electron chi connectivity index (χ0n) is 19.8. The van der Waals surface area contributed by atoms with Crippen LogP contribution < -0.4 is 11.1 Å². The number of rotatable bonds is 0. The summed E-state index contributed by atoms with van der Waals surface area (Å²) in [6, 6.07) is 23.6. The summed E-state index contributed by atoms with van der Waals surface area (Å²) in [6.07, 6.45) is 4.52. The van der Waals surface area contributed by atoms with E-state index in [-0.39, 0.29) is 0 Å². The molecule has 5 rings (SSSR count). The summed E-state index contributed by atoms with van der Waals surface area (Å²) in [7, 11) is 2.15. The first-order chi connectivity index (χ1) is 16.5. The predicted molar refractivity (Wildman–Crippen MR) is 142 cm³/mol. The summed E-state index contributed by atoms with van der Waals surface area (Å²) >= 11 is 0. The quantitative estimate of drug-likeness (QED) is 0.306. The Hall–Kier alpha value is -3.89. The Morgan fingerprint density at radius 1 is 0.882 bits per heavy atom. The molecule has 0 radical (unpaired) electrons. The number of nitrogens with one attached hydrogen (secondary N) is 1. The molecule has 0 aliphatic carbocycles. The second kappa shape index (κ2) is 9.16. The fourth-order valence-electron chi connectivity index (χ4n) is 4.74. The maximum absolute atomic E-state index is 6.35. The Bertz CT molecular complexity index is 1370. The lowest BCUT2D eigenvalue weighted by atomic mass is 9.96. The maximum Gasteiger partial charge on any atom is 0.0417 e. The zero-order chi connectivity index (χ0) is 23.7. The minimum Gasteiger partial charge on any atom is -0.398 e. The number of nitrogen functional groups attached to an aromatic ring is 1. The van der Waals surface area contributed by atoms with Gasteiger partial charge in [-0.2, -0.15) is 0 Å². The molecule has 3 N–H and O–H groups in total. The second-order valence-corrected chi connectivity index (χ2v) is 9.25. The number of anilines is 2. The summed E-state index contributed by atoms with van der Waals surface area (Å²) in [5.74, 6) is 0. The molecule has 34 heavy (non-hydrogen) atoms. The summed E-state index contributed by atoms with van der Waals surface area (Å²) in [5, 5.41) is 3.54. The second-order valence-electron chi connectivity index (χ2n) is 9.25. The standard InChI is InChI=1S/C30H30N4/c1-20-12-26-15-24(10-11-29(26)31)27-14-23(16-32-17-27)19-34(3)18-22-6-4-7-25(13-22)28-8-5-9-30(33-20)21(28)2/h4-11,13-17,33H,1,12,18-19,31H2,2-3H3. The van der Waals surface area contributed by atoms with Gasteiger partial charge in [-0.15, -0.1) is 0 Å². The average Bonchev–Trinajstić information content (AvgIpc) is 2.81. The first-order valence-electron chi connectivity index (χ1n) is 11.6. The van der Waals surface area contributed by atoms with Gasteiger partial charge < -0.3 is 11.1 Å². The molecule has 0 saturated carbocycles. The van der Waals surface area contributed by atoms with Crippen LogP contribution in [0, 0.1) is 6.92 Å². The molecule has 0 unspecified atom stereocenters. The van der Waals surface area contributed by atoms with Crippen LogP contribution >= 0.6 is 0 Å². The molecule has 8 bridgehead atoms. The van der Waals surface area contributed by atoms with Crippen molar-refractivity contribution in [1.29, 1.82) is 0 Å². The molecule has 1 aromatic heterocycles. The summed E-state index contributed by atoms with van der Waals surface area (Å²) in [5.41, 5.74) is 18.5. The van der Waals surface area contributed by atoms with Crippen molar-refractivity contribution in [1.82, 2.24) is 9.88 Å². The lowest BCUT2D eigenvalue weighted by molar-refractivity contribution is 0.319. The van der Waals surface area contributed by atoms with E-state index in [0.717, 1.165) is 46.9 Å². The largest absolute Gasteiger partial charge is 0.398 e. The number of nitrogens with two attached hydrogens (primary N) is 1. The fraction of sp³-hybridized carbons (Fsp3) is 0.167. The first-order valence-corrected chi connectivity index (χ1v) is 11.6. The van der Waals surface area contributed by atoms with Crippen molar-refractivity contribution in [2.24, 2.45) is 0 Å². The van der Waals surface area contributed by atoms with Gasteiger partial charge in [0.1, 0.15) is 0 Å². The predicted octanol–water partition coefficient (Wildman–Crippen LogP) is 6.42. The highest BCUT2D eigenvalue weighted by molar-refractivity contribution is 5.75. The number of aromatic nitrogens is 1. The molecule has 0 amide bonds. The minimum absolute atomic E-state index is 0.648. The third kappa shape index (κ3) is 4.59. The first kappa shape index (κ1) is 21.9. The van der Waals surface area contributed by atoms with Crippen LogP contribution in [0.1, 0.15) is 22.3 Å². The molecule has 4 heteroatoms. The van der Waals surface area contributed by atoms with Gasteiger partial charge >= 0.3 is 0 Å². The van der Waals surface area contributed by atoms with E-state index in [4.69, 9.17) is 5.73 Å². The number of benzene rings is 3. The van der Waals surface area contributed by atoms with E-state index in [9.17, 15) is 0 Å². The molecule has 3 aromatic carbocycles. The fourth-order valence-corrected chi connectivity index (χ4v) is 4.74. The Morgan fingerprint density at radius 3 is 2.56 bits per heavy atom. The van der Waals surface area contributed by atoms with E-state index in [1.165, 1.54) is 27.8 Å². The van der Waals surface area contributed by atoms with Crippen molar-refractivity contribution in [3.8, 4) is 22.3 Å². The Kier molecular flexibility index (Phi) is 5.91. The molecular weight excluding hydrogens is 416 g/mol. The van der Waals surface area contributed by atoms with Crippen LogP contribution in [-0.2, 0) is 19.5 Å². The van der Waals surface area contributed by atoms with Crippen molar-refractivity contribution in [3.63, 3.8) is 0 Å². The van der Waals surface area contributed by atoms with Gasteiger partial charge in [-0.05, 0) is 83.2 Å². The lowest BCUT2D eigenvalue weighted by Crippen LogP contribution is -2.17. The lowest BCUT2D eigenvalue weighted by Gasteiger charge is -2.19. The molecule has 0 saturated heterocycles. The monoisotopic (exact) mass is 446 g/mol. The van der Waals surface area contributed by atoms with Gasteiger partial charge in [0.2, 0.25) is 0 Å². The van der Waals surface area contributed by atoms with Crippen LogP contribution in [0.2, 0.25) is 0 Å². The van der Waals surface area contributed by atoms with Crippen LogP contribution in [-0.4, -0.2) is 16.9 Å². The number of hydrogen-bond acceptors (Lipinski definition) is 4. The van der Waals surface area contributed by atoms with Crippen molar-refractivity contribution in [3.05, 3.63) is 114 Å². The molecule has 0 atom stereocenters. The zero-order valence-corrected chi connectivity index (χ0v) is 19.8. The van der Waals surface area contributed by atoms with E-state index in [1.54, 1.807) is 0 Å². The van der Waals surface area contributed by atoms with E-state index >= 15 is 0 Å². The number of fused-ring (bicyclic) bond motifs is 10. The minimum atomic E-state index is 0.648. The Morgan fingerprint density at radius 2 is 1.68 bits per heavy atom. The third-order valence-electron chi connectivity index (χ3n) is 6.46. The Balaban J connectivity index is 1.61. The van der Waals surface area contributed by atoms with Gasteiger partial charge in [0, 0.05) is 54.5 Å². The van der Waals surface area contributed by atoms with Gasteiger partial charge in [0.25, 0.3) is 0 Å². The molecule has 170 valence electrons. The number of nitrogens with zero attached hydrogens (tertiary/aromatic N) is 2. The molecular formula is C30H30N4. The molecule has 2 heterocycles. The third-order valence-corrected chi connectivity index (χ3v) is 6.46. The number of hydrogen-bond donors (Lipinski definition) is 2. The molecule has 1 aliphatic rings. The highest BCUT2D eigenvalue weighted by Crippen LogP contribution is 2.31. The summed E-state index contributed by atoms with van der Waals surface area (Å²) in [6.45, 7) is 8.15. The van der Waals surface area contributed by atoms with E-state index < -0.39 is 0 Å². The van der Waals surface area contributed by atoms with Gasteiger partial charge in [-0.1, -0.05) is 43.0 Å². The summed E-state index contributed by atoms with van der Waals surface area (Å²) < 4.78 is 0. The van der Waals surface area contributed by atoms with Crippen molar-refractivity contribution >= 4 is 11.4 Å². The van der Waals surface area contributed by atoms with Crippen molar-refractivity contribution in [2.75, 3.05) is 18.1 Å². The van der Waals surface area contributed by atoms with E-state index in [1.807, 2.05) is 18.5 Å². The molecule has 1 aliphatic heterocycles. The van der Waals surface area contributed by atoms with Gasteiger partial charge in [0.15, 0.2) is 0 Å². The van der Waals surface area contributed by atoms with Gasteiger partial charge in [0.05, 0.1) is 0 Å². The van der Waals surface area contributed by atoms with Crippen molar-refractivity contribution in [2.45, 2.75) is 26.4 Å². The van der Waals surface area contributed by atoms with E-state index in [2.05, 4.69) is 96.4 Å². The average molecular weight is 447 g/mol. The smallest absolute Gasteiger partial charge is 0.0417 e. The normalized spacial score (nSPS) is 14.1. The molecule has 4 aromatic rings. The molecule has 0 fully saturated rings. The number of allylic oxidation sites excluding steroid dienone is 1. The topological polar surface area (TPSA) is 54.2 Å². The number of pyridine rings is 1. The van der Waals surface area contributed by atoms with Crippen LogP contribution in [0.3, 0.4) is 0 Å². The van der Waals surface area contributed by atoms with Crippen LogP contribution in [0.4, 0.5) is 11.4 Å². The van der Waals surface area contributed by atoms with Crippen LogP contribution in [0.5, 0.6) is 0 Å². The SMILES string of the molecule is C=C1Cc2cc(ccc2N)-c2cncc(c2)CN(C)Cc2cccc(c2)-c2cccc(c2C)N1. The molecule has 4 nitrogen and oxygen atoms in total. The van der Waals surface area contributed by atoms with Crippen molar-refractivity contribution < 1.29 is 0 Å². The summed E-state index contributed by atoms with van der Waals surface area (Å²) in [4.78, 5) is 6.85. The van der Waals surface area contributed by atoms with Gasteiger partial charge in [-0.3, -0.25) is 9.88 Å². The van der Waals surface area contributed by atoms with Crippen LogP contribution in [0.15, 0.2) is 91.4 Å². The van der Waals surface area contributed by atoms with Gasteiger partial charge in [-0.25, -0.2) is 0 Å². The van der Waals surface area contributed by atoms with Crippen LogP contribution in [0.25, 0.3) is 22.3 Å². The maximum atomic E-state index is 6.35. The van der Waals surface area contributed by atoms with E-state index in [0.29, 0.717) is 6.42 Å².